The highest BCUT2D eigenvalue weighted by Crippen LogP contribution is 2.65. The number of benzene rings is 1. The summed E-state index contributed by atoms with van der Waals surface area (Å²) in [5, 5.41) is 9.01. The zero-order valence-electron chi connectivity index (χ0n) is 22.9. The number of fused-ring (bicyclic) bond motifs is 2. The summed E-state index contributed by atoms with van der Waals surface area (Å²) < 4.78 is 5.43. The predicted octanol–water partition coefficient (Wildman–Crippen LogP) is 1.13. The molecule has 1 unspecified atom stereocenters. The molecule has 4 fully saturated rings. The molecular formula is C29H35N5O6. The molecule has 11 heteroatoms. The van der Waals surface area contributed by atoms with Crippen LogP contribution in [-0.4, -0.2) is 77.6 Å². The first-order chi connectivity index (χ1) is 19.1. The van der Waals surface area contributed by atoms with E-state index in [1.54, 1.807) is 18.1 Å². The highest BCUT2D eigenvalue weighted by Gasteiger charge is 2.69. The lowest BCUT2D eigenvalue weighted by molar-refractivity contribution is -0.141. The Hall–Kier alpha value is -3.89. The minimum Gasteiger partial charge on any atom is -0.496 e. The van der Waals surface area contributed by atoms with Crippen LogP contribution in [0, 0.1) is 23.2 Å². The zero-order chi connectivity index (χ0) is 28.3. The summed E-state index contributed by atoms with van der Waals surface area (Å²) in [5.74, 6) is -2.27. The van der Waals surface area contributed by atoms with Crippen LogP contribution < -0.4 is 20.7 Å². The molecule has 0 bridgehead atoms. The van der Waals surface area contributed by atoms with Crippen LogP contribution >= 0.6 is 0 Å². The van der Waals surface area contributed by atoms with Crippen LogP contribution in [0.5, 0.6) is 5.75 Å². The van der Waals surface area contributed by atoms with Crippen molar-refractivity contribution in [3.8, 4) is 5.75 Å². The van der Waals surface area contributed by atoms with Gasteiger partial charge < -0.3 is 30.6 Å². The standard InChI is InChI=1S/C29H35N5O6/c1-29(2)17-13-34(28(39)20-12-16-18(32-20)5-4-6-21(16)40-3)23(22(17)29)26(37)33-19(11-14-9-10-30-25(14)36)24(35)27(38)31-15-7-8-15/h4-6,12,14-15,17,19,22-23,32H,7-11,13H2,1-3H3,(H,30,36)(H,31,38)(H,33,37)/t14-,17-,19?,22-,23-/m0/s1. The van der Waals surface area contributed by atoms with Gasteiger partial charge in [-0.15, -0.1) is 0 Å². The number of methoxy groups -OCH3 is 1. The molecule has 4 amide bonds. The number of hydrogen-bond donors (Lipinski definition) is 4. The summed E-state index contributed by atoms with van der Waals surface area (Å²) in [5.41, 5.74) is 0.947. The molecule has 4 N–H and O–H groups in total. The molecule has 2 aliphatic heterocycles. The van der Waals surface area contributed by atoms with Gasteiger partial charge in [-0.05, 0) is 61.1 Å². The predicted molar refractivity (Wildman–Crippen MR) is 144 cm³/mol. The molecule has 1 aromatic heterocycles. The second kappa shape index (κ2) is 9.64. The Morgan fingerprint density at radius 2 is 1.95 bits per heavy atom. The lowest BCUT2D eigenvalue weighted by Gasteiger charge is -2.31. The first-order valence-corrected chi connectivity index (χ1v) is 14.0. The van der Waals surface area contributed by atoms with Crippen LogP contribution in [0.1, 0.15) is 50.0 Å². The Bertz CT molecular complexity index is 1410. The third kappa shape index (κ3) is 4.50. The van der Waals surface area contributed by atoms with Crippen molar-refractivity contribution in [2.75, 3.05) is 20.2 Å². The number of nitrogens with zero attached hydrogens (tertiary/aromatic N) is 1. The lowest BCUT2D eigenvalue weighted by atomic mass is 9.94. The SMILES string of the molecule is COc1cccc2[nH]c(C(=O)N3C[C@H]4[C@@H]([C@H]3C(=O)NC(C[C@@H]3CCNC3=O)C(=O)C(=O)NC3CC3)C4(C)C)cc12. The molecule has 40 heavy (non-hydrogen) atoms. The molecule has 3 heterocycles. The van der Waals surface area contributed by atoms with E-state index < -0.39 is 35.6 Å². The fourth-order valence-corrected chi connectivity index (χ4v) is 6.66. The van der Waals surface area contributed by atoms with Gasteiger partial charge in [0.05, 0.1) is 13.2 Å². The summed E-state index contributed by atoms with van der Waals surface area (Å²) >= 11 is 0. The fraction of sp³-hybridized carbons (Fsp3) is 0.552. The van der Waals surface area contributed by atoms with Crippen molar-refractivity contribution in [3.05, 3.63) is 30.0 Å². The average Bonchev–Trinajstić information content (AvgIpc) is 3.56. The Balaban J connectivity index is 1.25. The van der Waals surface area contributed by atoms with Crippen molar-refractivity contribution >= 4 is 40.3 Å². The van der Waals surface area contributed by atoms with E-state index in [-0.39, 0.29) is 41.5 Å². The molecule has 1 aromatic carbocycles. The van der Waals surface area contributed by atoms with Crippen molar-refractivity contribution < 1.29 is 28.7 Å². The van der Waals surface area contributed by atoms with Gasteiger partial charge in [-0.2, -0.15) is 0 Å². The molecule has 212 valence electrons. The number of piperidine rings is 1. The second-order valence-corrected chi connectivity index (χ2v) is 12.1. The molecule has 6 rings (SSSR count). The Morgan fingerprint density at radius 3 is 2.62 bits per heavy atom. The number of hydrogen-bond acceptors (Lipinski definition) is 6. The normalized spacial score (nSPS) is 27.1. The lowest BCUT2D eigenvalue weighted by Crippen LogP contribution is -2.56. The van der Waals surface area contributed by atoms with Gasteiger partial charge in [-0.25, -0.2) is 0 Å². The number of likely N-dealkylation sites (tertiary alicyclic amines) is 1. The van der Waals surface area contributed by atoms with Crippen molar-refractivity contribution in [2.24, 2.45) is 23.2 Å². The van der Waals surface area contributed by atoms with E-state index in [0.29, 0.717) is 31.0 Å². The van der Waals surface area contributed by atoms with Crippen LogP contribution in [0.15, 0.2) is 24.3 Å². The Labute approximate surface area is 231 Å². The number of ether oxygens (including phenoxy) is 1. The van der Waals surface area contributed by atoms with E-state index in [1.807, 2.05) is 18.2 Å². The number of nitrogens with one attached hydrogen (secondary N) is 4. The fourth-order valence-electron chi connectivity index (χ4n) is 6.66. The smallest absolute Gasteiger partial charge is 0.289 e. The van der Waals surface area contributed by atoms with Gasteiger partial charge in [0.2, 0.25) is 17.6 Å². The first-order valence-electron chi connectivity index (χ1n) is 14.0. The number of ketones is 1. The van der Waals surface area contributed by atoms with Gasteiger partial charge in [0.15, 0.2) is 0 Å². The first kappa shape index (κ1) is 26.3. The van der Waals surface area contributed by atoms with E-state index in [1.165, 1.54) is 0 Å². The number of Topliss-reactive ketones (excluding diaryl/α,β-unsaturated/α-hetero) is 1. The zero-order valence-corrected chi connectivity index (χ0v) is 22.9. The van der Waals surface area contributed by atoms with Gasteiger partial charge in [0, 0.05) is 36.0 Å². The third-order valence-corrected chi connectivity index (χ3v) is 9.26. The third-order valence-electron chi connectivity index (χ3n) is 9.26. The van der Waals surface area contributed by atoms with Crippen LogP contribution in [0.3, 0.4) is 0 Å². The number of rotatable bonds is 9. The number of amides is 4. The van der Waals surface area contributed by atoms with Crippen LogP contribution in [0.25, 0.3) is 10.9 Å². The number of carbonyl (C=O) groups is 5. The molecule has 2 aliphatic carbocycles. The van der Waals surface area contributed by atoms with Crippen LogP contribution in [0.2, 0.25) is 0 Å². The maximum absolute atomic E-state index is 13.9. The molecule has 0 radical (unpaired) electrons. The summed E-state index contributed by atoms with van der Waals surface area (Å²) in [6.07, 6.45) is 2.20. The molecular weight excluding hydrogens is 514 g/mol. The summed E-state index contributed by atoms with van der Waals surface area (Å²) in [6, 6.07) is 5.25. The molecule has 0 spiro atoms. The van der Waals surface area contributed by atoms with E-state index in [4.69, 9.17) is 4.74 Å². The summed E-state index contributed by atoms with van der Waals surface area (Å²) in [6.45, 7) is 5.05. The minimum atomic E-state index is -1.16. The van der Waals surface area contributed by atoms with E-state index in [9.17, 15) is 24.0 Å². The Kier molecular flexibility index (Phi) is 6.35. The van der Waals surface area contributed by atoms with Gasteiger partial charge in [0.1, 0.15) is 17.5 Å². The summed E-state index contributed by atoms with van der Waals surface area (Å²) in [4.78, 5) is 70.6. The van der Waals surface area contributed by atoms with E-state index >= 15 is 0 Å². The number of aromatic amines is 1. The molecule has 5 atom stereocenters. The molecule has 11 nitrogen and oxygen atoms in total. The van der Waals surface area contributed by atoms with Crippen molar-refractivity contribution in [3.63, 3.8) is 0 Å². The summed E-state index contributed by atoms with van der Waals surface area (Å²) in [7, 11) is 1.57. The van der Waals surface area contributed by atoms with Crippen molar-refractivity contribution in [1.29, 1.82) is 0 Å². The van der Waals surface area contributed by atoms with Gasteiger partial charge in [-0.1, -0.05) is 19.9 Å². The highest BCUT2D eigenvalue weighted by molar-refractivity contribution is 6.38. The second-order valence-electron chi connectivity index (χ2n) is 12.1. The number of aromatic nitrogens is 1. The van der Waals surface area contributed by atoms with Gasteiger partial charge >= 0.3 is 0 Å². The maximum atomic E-state index is 13.9. The van der Waals surface area contributed by atoms with Crippen molar-refractivity contribution in [2.45, 2.75) is 57.7 Å². The monoisotopic (exact) mass is 549 g/mol. The molecule has 2 saturated carbocycles. The Morgan fingerprint density at radius 1 is 1.18 bits per heavy atom. The average molecular weight is 550 g/mol. The highest BCUT2D eigenvalue weighted by atomic mass is 16.5. The minimum absolute atomic E-state index is 0.0199. The number of carbonyl (C=O) groups excluding carboxylic acids is 5. The number of H-pyrrole nitrogens is 1. The van der Waals surface area contributed by atoms with Gasteiger partial charge in [0.25, 0.3) is 11.8 Å². The van der Waals surface area contributed by atoms with Crippen molar-refractivity contribution in [1.82, 2.24) is 25.8 Å². The largest absolute Gasteiger partial charge is 0.496 e. The maximum Gasteiger partial charge on any atom is 0.289 e. The topological polar surface area (TPSA) is 150 Å². The van der Waals surface area contributed by atoms with Crippen LogP contribution in [-0.2, 0) is 19.2 Å². The molecule has 4 aliphatic rings. The van der Waals surface area contributed by atoms with Gasteiger partial charge in [-0.3, -0.25) is 24.0 Å². The molecule has 2 saturated heterocycles. The molecule has 2 aromatic rings. The quantitative estimate of drug-likeness (QED) is 0.345. The van der Waals surface area contributed by atoms with Crippen LogP contribution in [0.4, 0.5) is 0 Å². The van der Waals surface area contributed by atoms with E-state index in [2.05, 4.69) is 34.8 Å². The van der Waals surface area contributed by atoms with E-state index in [0.717, 1.165) is 23.7 Å².